The first-order valence-electron chi connectivity index (χ1n) is 6.61. The normalized spacial score (nSPS) is 17.6. The summed E-state index contributed by atoms with van der Waals surface area (Å²) in [6.45, 7) is 1.58. The zero-order valence-corrected chi connectivity index (χ0v) is 12.6. The largest absolute Gasteiger partial charge is 0.497 e. The molecule has 5 nitrogen and oxygen atoms in total. The van der Waals surface area contributed by atoms with E-state index in [1.54, 1.807) is 14.2 Å². The molecule has 0 radical (unpaired) electrons. The van der Waals surface area contributed by atoms with Crippen LogP contribution in [0.3, 0.4) is 0 Å². The Bertz CT molecular complexity index is 439. The molecular formula is C14H20N2O3S. The summed E-state index contributed by atoms with van der Waals surface area (Å²) in [6.07, 6.45) is 2.47. The van der Waals surface area contributed by atoms with Crippen molar-refractivity contribution in [2.75, 3.05) is 32.7 Å². The van der Waals surface area contributed by atoms with E-state index in [0.717, 1.165) is 31.7 Å². The van der Waals surface area contributed by atoms with Crippen molar-refractivity contribution in [2.24, 2.45) is 0 Å². The lowest BCUT2D eigenvalue weighted by Crippen LogP contribution is -2.34. The van der Waals surface area contributed by atoms with Gasteiger partial charge in [-0.2, -0.15) is 0 Å². The third kappa shape index (κ3) is 4.25. The third-order valence-corrected chi connectivity index (χ3v) is 3.37. The average molecular weight is 296 g/mol. The monoisotopic (exact) mass is 296 g/mol. The van der Waals surface area contributed by atoms with Gasteiger partial charge in [-0.05, 0) is 25.1 Å². The molecule has 1 aromatic rings. The minimum atomic E-state index is 0.259. The molecule has 0 aliphatic carbocycles. The summed E-state index contributed by atoms with van der Waals surface area (Å²) < 4.78 is 16.0. The van der Waals surface area contributed by atoms with Crippen molar-refractivity contribution in [1.82, 2.24) is 5.32 Å². The first-order chi connectivity index (χ1) is 9.71. The van der Waals surface area contributed by atoms with Gasteiger partial charge >= 0.3 is 0 Å². The van der Waals surface area contributed by atoms with Gasteiger partial charge in [-0.3, -0.25) is 0 Å². The quantitative estimate of drug-likeness (QED) is 0.812. The van der Waals surface area contributed by atoms with Gasteiger partial charge < -0.3 is 24.8 Å². The van der Waals surface area contributed by atoms with E-state index in [0.29, 0.717) is 16.6 Å². The number of ether oxygens (including phenoxy) is 3. The van der Waals surface area contributed by atoms with Crippen LogP contribution in [0.15, 0.2) is 18.2 Å². The highest BCUT2D eigenvalue weighted by Crippen LogP contribution is 2.25. The zero-order valence-electron chi connectivity index (χ0n) is 11.8. The zero-order chi connectivity index (χ0) is 14.4. The van der Waals surface area contributed by atoms with Crippen LogP contribution in [0, 0.1) is 0 Å². The average Bonchev–Trinajstić information content (AvgIpc) is 2.98. The van der Waals surface area contributed by atoms with E-state index in [1.165, 1.54) is 0 Å². The molecule has 2 rings (SSSR count). The molecular weight excluding hydrogens is 276 g/mol. The first-order valence-corrected chi connectivity index (χ1v) is 7.01. The summed E-state index contributed by atoms with van der Waals surface area (Å²) >= 11 is 5.27. The Hall–Kier alpha value is -1.53. The highest BCUT2D eigenvalue weighted by Gasteiger charge is 2.15. The van der Waals surface area contributed by atoms with Crippen LogP contribution in [0.4, 0.5) is 5.69 Å². The van der Waals surface area contributed by atoms with Crippen molar-refractivity contribution < 1.29 is 14.2 Å². The van der Waals surface area contributed by atoms with Crippen LogP contribution < -0.4 is 20.1 Å². The molecule has 0 unspecified atom stereocenters. The maximum absolute atomic E-state index is 5.54. The van der Waals surface area contributed by atoms with E-state index in [1.807, 2.05) is 18.2 Å². The molecule has 1 heterocycles. The Balaban J connectivity index is 1.89. The molecule has 0 amide bonds. The van der Waals surface area contributed by atoms with E-state index in [4.69, 9.17) is 26.4 Å². The molecule has 2 N–H and O–H groups in total. The number of anilines is 1. The molecule has 0 aromatic heterocycles. The number of methoxy groups -OCH3 is 2. The molecule has 110 valence electrons. The van der Waals surface area contributed by atoms with Gasteiger partial charge in [-0.25, -0.2) is 0 Å². The van der Waals surface area contributed by atoms with Crippen LogP contribution in [0.2, 0.25) is 0 Å². The fourth-order valence-corrected chi connectivity index (χ4v) is 2.27. The van der Waals surface area contributed by atoms with Gasteiger partial charge in [-0.15, -0.1) is 0 Å². The molecule has 1 saturated heterocycles. The second-order valence-corrected chi connectivity index (χ2v) is 4.98. The molecule has 1 aliphatic heterocycles. The maximum atomic E-state index is 5.54. The number of rotatable bonds is 5. The third-order valence-electron chi connectivity index (χ3n) is 3.12. The molecule has 20 heavy (non-hydrogen) atoms. The van der Waals surface area contributed by atoms with E-state index in [2.05, 4.69) is 10.6 Å². The number of hydrogen-bond donors (Lipinski definition) is 2. The van der Waals surface area contributed by atoms with Crippen molar-refractivity contribution in [3.63, 3.8) is 0 Å². The molecule has 1 fully saturated rings. The Labute approximate surface area is 124 Å². The highest BCUT2D eigenvalue weighted by molar-refractivity contribution is 7.80. The van der Waals surface area contributed by atoms with Gasteiger partial charge in [0.05, 0.1) is 20.3 Å². The SMILES string of the molecule is COc1cc(NC(=S)NC[C@H]2CCCO2)cc(OC)c1. The Kier molecular flexibility index (Phi) is 5.43. The minimum absolute atomic E-state index is 0.259. The molecule has 6 heteroatoms. The van der Waals surface area contributed by atoms with Gasteiger partial charge in [0.15, 0.2) is 5.11 Å². The Morgan fingerprint density at radius 1 is 1.30 bits per heavy atom. The van der Waals surface area contributed by atoms with Crippen LogP contribution in [-0.2, 0) is 4.74 Å². The number of thiocarbonyl (C=S) groups is 1. The van der Waals surface area contributed by atoms with Crippen LogP contribution in [-0.4, -0.2) is 38.6 Å². The van der Waals surface area contributed by atoms with E-state index < -0.39 is 0 Å². The first kappa shape index (κ1) is 14.9. The summed E-state index contributed by atoms with van der Waals surface area (Å²) in [5, 5.41) is 6.85. The molecule has 1 atom stereocenters. The summed E-state index contributed by atoms with van der Waals surface area (Å²) in [7, 11) is 3.24. The second-order valence-electron chi connectivity index (χ2n) is 4.57. The number of benzene rings is 1. The molecule has 0 bridgehead atoms. The van der Waals surface area contributed by atoms with E-state index in [-0.39, 0.29) is 6.10 Å². The van der Waals surface area contributed by atoms with Crippen molar-refractivity contribution in [2.45, 2.75) is 18.9 Å². The van der Waals surface area contributed by atoms with Gasteiger partial charge in [0.25, 0.3) is 0 Å². The fourth-order valence-electron chi connectivity index (χ4n) is 2.07. The smallest absolute Gasteiger partial charge is 0.170 e. The summed E-state index contributed by atoms with van der Waals surface area (Å²) in [5.41, 5.74) is 0.825. The van der Waals surface area contributed by atoms with E-state index >= 15 is 0 Å². The summed E-state index contributed by atoms with van der Waals surface area (Å²) in [6, 6.07) is 5.54. The van der Waals surface area contributed by atoms with Gasteiger partial charge in [0.1, 0.15) is 11.5 Å². The molecule has 1 aliphatic rings. The highest BCUT2D eigenvalue weighted by atomic mass is 32.1. The van der Waals surface area contributed by atoms with Crippen LogP contribution in [0.25, 0.3) is 0 Å². The lowest BCUT2D eigenvalue weighted by atomic mass is 10.2. The summed E-state index contributed by atoms with van der Waals surface area (Å²) in [4.78, 5) is 0. The standard InChI is InChI=1S/C14H20N2O3S/c1-17-12-6-10(7-13(8-12)18-2)16-14(20)15-9-11-4-3-5-19-11/h6-8,11H,3-5,9H2,1-2H3,(H2,15,16,20)/t11-/m1/s1. The van der Waals surface area contributed by atoms with Crippen molar-refractivity contribution in [3.05, 3.63) is 18.2 Å². The lowest BCUT2D eigenvalue weighted by molar-refractivity contribution is 0.114. The van der Waals surface area contributed by atoms with Crippen molar-refractivity contribution >= 4 is 23.0 Å². The van der Waals surface area contributed by atoms with Crippen LogP contribution >= 0.6 is 12.2 Å². The minimum Gasteiger partial charge on any atom is -0.497 e. The molecule has 1 aromatic carbocycles. The second kappa shape index (κ2) is 7.31. The van der Waals surface area contributed by atoms with Crippen molar-refractivity contribution in [1.29, 1.82) is 0 Å². The van der Waals surface area contributed by atoms with Gasteiger partial charge in [0.2, 0.25) is 0 Å². The topological polar surface area (TPSA) is 51.8 Å². The van der Waals surface area contributed by atoms with Crippen LogP contribution in [0.1, 0.15) is 12.8 Å². The summed E-state index contributed by atoms with van der Waals surface area (Å²) in [5.74, 6) is 1.43. The number of hydrogen-bond acceptors (Lipinski definition) is 4. The molecule has 0 spiro atoms. The molecule has 0 saturated carbocycles. The van der Waals surface area contributed by atoms with Crippen LogP contribution in [0.5, 0.6) is 11.5 Å². The maximum Gasteiger partial charge on any atom is 0.170 e. The van der Waals surface area contributed by atoms with Gasteiger partial charge in [-0.1, -0.05) is 0 Å². The predicted octanol–water partition coefficient (Wildman–Crippen LogP) is 2.17. The van der Waals surface area contributed by atoms with Crippen molar-refractivity contribution in [3.8, 4) is 11.5 Å². The van der Waals surface area contributed by atoms with E-state index in [9.17, 15) is 0 Å². The Morgan fingerprint density at radius 3 is 2.55 bits per heavy atom. The Morgan fingerprint density at radius 2 is 2.00 bits per heavy atom. The fraction of sp³-hybridized carbons (Fsp3) is 0.500. The lowest BCUT2D eigenvalue weighted by Gasteiger charge is -2.15. The number of nitrogens with one attached hydrogen (secondary N) is 2. The predicted molar refractivity (Wildman–Crippen MR) is 82.7 cm³/mol. The van der Waals surface area contributed by atoms with Gasteiger partial charge in [0, 0.05) is 37.0 Å².